The summed E-state index contributed by atoms with van der Waals surface area (Å²) in [7, 11) is 1.28. The summed E-state index contributed by atoms with van der Waals surface area (Å²) in [5.41, 5.74) is 5.43. The second kappa shape index (κ2) is 11.3. The Morgan fingerprint density at radius 1 is 0.969 bits per heavy atom. The summed E-state index contributed by atoms with van der Waals surface area (Å²) in [6.45, 7) is 5.31. The van der Waals surface area contributed by atoms with Gasteiger partial charge in [0.2, 0.25) is 0 Å². The molecule has 0 aliphatic rings. The predicted octanol–water partition coefficient (Wildman–Crippen LogP) is 1.64. The van der Waals surface area contributed by atoms with Gasteiger partial charge in [-0.3, -0.25) is 35.3 Å². The first-order chi connectivity index (χ1) is 15.3. The molecule has 0 heterocycles. The van der Waals surface area contributed by atoms with Crippen LogP contribution in [0.15, 0.2) is 42.5 Å². The summed E-state index contributed by atoms with van der Waals surface area (Å²) in [4.78, 5) is 48.8. The number of rotatable bonds is 9. The van der Waals surface area contributed by atoms with Crippen molar-refractivity contribution in [3.8, 4) is 5.75 Å². The van der Waals surface area contributed by atoms with Crippen LogP contribution in [0.3, 0.4) is 0 Å². The Morgan fingerprint density at radius 3 is 2.16 bits per heavy atom. The molecular formula is C21H25N5O6. The highest BCUT2D eigenvalue weighted by molar-refractivity contribution is 5.98. The van der Waals surface area contributed by atoms with Crippen molar-refractivity contribution in [2.24, 2.45) is 0 Å². The van der Waals surface area contributed by atoms with Gasteiger partial charge in [0.1, 0.15) is 0 Å². The predicted molar refractivity (Wildman–Crippen MR) is 118 cm³/mol. The maximum absolute atomic E-state index is 12.2. The number of anilines is 1. The SMILES string of the molecule is CCN(CC)c1ccc(C(=O)NNC(=O)CNC(=O)c2ccc(OC)c([N+](=O)[O-])c2)cc1. The van der Waals surface area contributed by atoms with Gasteiger partial charge in [-0.15, -0.1) is 0 Å². The number of nitrogens with one attached hydrogen (secondary N) is 3. The number of carbonyl (C=O) groups excluding carboxylic acids is 3. The van der Waals surface area contributed by atoms with E-state index in [4.69, 9.17) is 4.74 Å². The Bertz CT molecular complexity index is 989. The third-order valence-corrected chi connectivity index (χ3v) is 4.62. The van der Waals surface area contributed by atoms with E-state index >= 15 is 0 Å². The Kier molecular flexibility index (Phi) is 8.52. The van der Waals surface area contributed by atoms with E-state index in [0.717, 1.165) is 24.8 Å². The molecule has 2 rings (SSSR count). The second-order valence-corrected chi connectivity index (χ2v) is 6.55. The van der Waals surface area contributed by atoms with Crippen LogP contribution >= 0.6 is 0 Å². The van der Waals surface area contributed by atoms with Crippen molar-refractivity contribution >= 4 is 29.1 Å². The van der Waals surface area contributed by atoms with Crippen molar-refractivity contribution in [1.82, 2.24) is 16.2 Å². The molecule has 0 spiro atoms. The number of nitro groups is 1. The van der Waals surface area contributed by atoms with Crippen LogP contribution < -0.4 is 25.8 Å². The van der Waals surface area contributed by atoms with E-state index in [1.165, 1.54) is 19.2 Å². The Morgan fingerprint density at radius 2 is 1.59 bits per heavy atom. The van der Waals surface area contributed by atoms with E-state index in [9.17, 15) is 24.5 Å². The molecule has 3 amide bonds. The molecule has 2 aromatic rings. The van der Waals surface area contributed by atoms with Crippen molar-refractivity contribution in [3.05, 3.63) is 63.7 Å². The maximum atomic E-state index is 12.2. The van der Waals surface area contributed by atoms with Gasteiger partial charge in [-0.2, -0.15) is 0 Å². The van der Waals surface area contributed by atoms with Gasteiger partial charge in [-0.05, 0) is 50.2 Å². The number of hydrogen-bond donors (Lipinski definition) is 3. The number of nitrogens with zero attached hydrogens (tertiary/aromatic N) is 2. The largest absolute Gasteiger partial charge is 0.490 e. The summed E-state index contributed by atoms with van der Waals surface area (Å²) >= 11 is 0. The van der Waals surface area contributed by atoms with Gasteiger partial charge in [-0.1, -0.05) is 0 Å². The highest BCUT2D eigenvalue weighted by Crippen LogP contribution is 2.27. The minimum Gasteiger partial charge on any atom is -0.490 e. The molecule has 0 saturated carbocycles. The molecule has 0 aliphatic heterocycles. The van der Waals surface area contributed by atoms with Crippen LogP contribution in [0, 0.1) is 10.1 Å². The lowest BCUT2D eigenvalue weighted by molar-refractivity contribution is -0.385. The van der Waals surface area contributed by atoms with Gasteiger partial charge in [0.25, 0.3) is 17.7 Å². The summed E-state index contributed by atoms with van der Waals surface area (Å²) in [5, 5.41) is 13.4. The smallest absolute Gasteiger partial charge is 0.311 e. The molecule has 0 bridgehead atoms. The molecule has 0 fully saturated rings. The Labute approximate surface area is 184 Å². The van der Waals surface area contributed by atoms with Gasteiger partial charge in [0.15, 0.2) is 5.75 Å². The molecule has 0 saturated heterocycles. The first kappa shape index (κ1) is 24.1. The van der Waals surface area contributed by atoms with Crippen LogP contribution in [-0.2, 0) is 4.79 Å². The van der Waals surface area contributed by atoms with Crippen LogP contribution in [0.5, 0.6) is 5.75 Å². The van der Waals surface area contributed by atoms with Crippen molar-refractivity contribution in [2.45, 2.75) is 13.8 Å². The van der Waals surface area contributed by atoms with Gasteiger partial charge in [0.05, 0.1) is 18.6 Å². The number of carbonyl (C=O) groups is 3. The van der Waals surface area contributed by atoms with E-state index < -0.39 is 29.2 Å². The molecule has 0 radical (unpaired) electrons. The molecule has 2 aromatic carbocycles. The van der Waals surface area contributed by atoms with Crippen LogP contribution in [0.1, 0.15) is 34.6 Å². The first-order valence-corrected chi connectivity index (χ1v) is 9.85. The monoisotopic (exact) mass is 443 g/mol. The van der Waals surface area contributed by atoms with Crippen molar-refractivity contribution < 1.29 is 24.0 Å². The molecule has 32 heavy (non-hydrogen) atoms. The van der Waals surface area contributed by atoms with E-state index in [1.807, 2.05) is 26.0 Å². The molecule has 0 unspecified atom stereocenters. The lowest BCUT2D eigenvalue weighted by atomic mass is 10.1. The van der Waals surface area contributed by atoms with Crippen molar-refractivity contribution in [2.75, 3.05) is 31.6 Å². The third-order valence-electron chi connectivity index (χ3n) is 4.62. The average molecular weight is 443 g/mol. The second-order valence-electron chi connectivity index (χ2n) is 6.55. The van der Waals surface area contributed by atoms with Gasteiger partial charge < -0.3 is 15.0 Å². The van der Waals surface area contributed by atoms with E-state index in [0.29, 0.717) is 5.56 Å². The number of amides is 3. The summed E-state index contributed by atoms with van der Waals surface area (Å²) in [6, 6.07) is 10.6. The Balaban J connectivity index is 1.87. The van der Waals surface area contributed by atoms with Crippen LogP contribution in [0.25, 0.3) is 0 Å². The molecule has 3 N–H and O–H groups in total. The fourth-order valence-corrected chi connectivity index (χ4v) is 2.89. The van der Waals surface area contributed by atoms with Crippen LogP contribution in [0.4, 0.5) is 11.4 Å². The maximum Gasteiger partial charge on any atom is 0.311 e. The van der Waals surface area contributed by atoms with Crippen LogP contribution in [0.2, 0.25) is 0 Å². The minimum atomic E-state index is -0.691. The molecule has 0 aromatic heterocycles. The number of hydrogen-bond acceptors (Lipinski definition) is 7. The first-order valence-electron chi connectivity index (χ1n) is 9.85. The zero-order valence-electron chi connectivity index (χ0n) is 18.0. The zero-order valence-corrected chi connectivity index (χ0v) is 18.0. The zero-order chi connectivity index (χ0) is 23.7. The summed E-state index contributed by atoms with van der Waals surface area (Å²) < 4.78 is 4.88. The van der Waals surface area contributed by atoms with E-state index in [-0.39, 0.29) is 17.0 Å². The molecule has 11 heteroatoms. The standard InChI is InChI=1S/C21H25N5O6/c1-4-25(5-2)16-9-6-14(7-10-16)21(29)24-23-19(27)13-22-20(28)15-8-11-18(32-3)17(12-15)26(30)31/h6-12H,4-5,13H2,1-3H3,(H,22,28)(H,23,27)(H,24,29). The van der Waals surface area contributed by atoms with Gasteiger partial charge >= 0.3 is 5.69 Å². The quantitative estimate of drug-likeness (QED) is 0.395. The summed E-state index contributed by atoms with van der Waals surface area (Å²) in [6.07, 6.45) is 0. The van der Waals surface area contributed by atoms with Gasteiger partial charge in [0, 0.05) is 36.0 Å². The topological polar surface area (TPSA) is 143 Å². The molecule has 0 aliphatic carbocycles. The molecule has 11 nitrogen and oxygen atoms in total. The number of methoxy groups -OCH3 is 1. The van der Waals surface area contributed by atoms with E-state index in [2.05, 4.69) is 21.1 Å². The Hall–Kier alpha value is -4.15. The fraction of sp³-hybridized carbons (Fsp3) is 0.286. The molecular weight excluding hydrogens is 418 g/mol. The lowest BCUT2D eigenvalue weighted by Gasteiger charge is -2.21. The normalized spacial score (nSPS) is 10.1. The highest BCUT2D eigenvalue weighted by atomic mass is 16.6. The molecule has 0 atom stereocenters. The van der Waals surface area contributed by atoms with Gasteiger partial charge in [-0.25, -0.2) is 0 Å². The van der Waals surface area contributed by atoms with E-state index in [1.54, 1.807) is 12.1 Å². The number of ether oxygens (including phenoxy) is 1. The van der Waals surface area contributed by atoms with Crippen LogP contribution in [-0.4, -0.2) is 49.4 Å². The number of hydrazine groups is 1. The average Bonchev–Trinajstić information content (AvgIpc) is 2.81. The summed E-state index contributed by atoms with van der Waals surface area (Å²) in [5.74, 6) is -1.86. The number of nitro benzene ring substituents is 1. The van der Waals surface area contributed by atoms with Crippen molar-refractivity contribution in [1.29, 1.82) is 0 Å². The minimum absolute atomic E-state index is 0.0112. The molecule has 170 valence electrons. The highest BCUT2D eigenvalue weighted by Gasteiger charge is 2.18. The fourth-order valence-electron chi connectivity index (χ4n) is 2.89. The third kappa shape index (κ3) is 6.17. The number of benzene rings is 2. The van der Waals surface area contributed by atoms with Crippen molar-refractivity contribution in [3.63, 3.8) is 0 Å². The lowest BCUT2D eigenvalue weighted by Crippen LogP contribution is -2.46.